The van der Waals surface area contributed by atoms with Crippen molar-refractivity contribution in [3.63, 3.8) is 0 Å². The fourth-order valence-electron chi connectivity index (χ4n) is 1.04. The maximum absolute atomic E-state index is 12.5. The van der Waals surface area contributed by atoms with Gasteiger partial charge < -0.3 is 15.2 Å². The van der Waals surface area contributed by atoms with Crippen LogP contribution < -0.4 is 10.1 Å². The second-order valence-corrected chi connectivity index (χ2v) is 3.39. The first-order chi connectivity index (χ1) is 7.61. The number of carbonyl (C=O) groups excluding carboxylic acids is 1. The smallest absolute Gasteiger partial charge is 0.258 e. The first-order valence-electron chi connectivity index (χ1n) is 4.90. The lowest BCUT2D eigenvalue weighted by Gasteiger charge is -2.11. The van der Waals surface area contributed by atoms with Crippen molar-refractivity contribution in [2.24, 2.45) is 0 Å². The van der Waals surface area contributed by atoms with E-state index in [1.165, 1.54) is 24.3 Å². The van der Waals surface area contributed by atoms with Gasteiger partial charge in [0.1, 0.15) is 11.6 Å². The first kappa shape index (κ1) is 12.4. The van der Waals surface area contributed by atoms with E-state index in [9.17, 15) is 9.18 Å². The number of carbonyl (C=O) groups is 1. The van der Waals surface area contributed by atoms with Crippen LogP contribution in [-0.2, 0) is 4.79 Å². The molecule has 2 N–H and O–H groups in total. The Kier molecular flexibility index (Phi) is 4.72. The van der Waals surface area contributed by atoms with Crippen molar-refractivity contribution in [2.45, 2.75) is 13.0 Å². The summed E-state index contributed by atoms with van der Waals surface area (Å²) >= 11 is 0. The molecule has 88 valence electrons. The summed E-state index contributed by atoms with van der Waals surface area (Å²) in [5.74, 6) is -0.259. The number of nitrogens with one attached hydrogen (secondary N) is 1. The summed E-state index contributed by atoms with van der Waals surface area (Å²) in [6, 6.07) is 5.09. The molecule has 0 aliphatic carbocycles. The molecule has 1 amide bonds. The molecule has 0 spiro atoms. The Morgan fingerprint density at radius 2 is 2.12 bits per heavy atom. The zero-order chi connectivity index (χ0) is 12.0. The number of rotatable bonds is 5. The summed E-state index contributed by atoms with van der Waals surface area (Å²) in [6.07, 6.45) is 0. The maximum Gasteiger partial charge on any atom is 0.258 e. The van der Waals surface area contributed by atoms with E-state index < -0.39 is 0 Å². The van der Waals surface area contributed by atoms with E-state index in [1.54, 1.807) is 6.92 Å². The molecule has 1 atom stereocenters. The SMILES string of the molecule is C[C@H](CO)NC(=O)COc1ccc(F)cc1. The lowest BCUT2D eigenvalue weighted by molar-refractivity contribution is -0.123. The van der Waals surface area contributed by atoms with E-state index in [2.05, 4.69) is 5.32 Å². The summed E-state index contributed by atoms with van der Waals surface area (Å²) in [7, 11) is 0. The van der Waals surface area contributed by atoms with Gasteiger partial charge in [0.25, 0.3) is 5.91 Å². The lowest BCUT2D eigenvalue weighted by Crippen LogP contribution is -2.38. The molecule has 0 unspecified atom stereocenters. The number of benzene rings is 1. The summed E-state index contributed by atoms with van der Waals surface area (Å²) in [4.78, 5) is 11.2. The van der Waals surface area contributed by atoms with Crippen molar-refractivity contribution < 1.29 is 19.0 Å². The molecule has 0 aliphatic rings. The van der Waals surface area contributed by atoms with E-state index >= 15 is 0 Å². The Bertz CT molecular complexity index is 340. The highest BCUT2D eigenvalue weighted by atomic mass is 19.1. The van der Waals surface area contributed by atoms with E-state index in [0.29, 0.717) is 5.75 Å². The predicted octanol–water partition coefficient (Wildman–Crippen LogP) is 0.701. The average molecular weight is 227 g/mol. The zero-order valence-corrected chi connectivity index (χ0v) is 8.94. The van der Waals surface area contributed by atoms with Crippen molar-refractivity contribution in [1.29, 1.82) is 0 Å². The van der Waals surface area contributed by atoms with Gasteiger partial charge in [-0.1, -0.05) is 0 Å². The Morgan fingerprint density at radius 1 is 1.50 bits per heavy atom. The third-order valence-corrected chi connectivity index (χ3v) is 1.86. The van der Waals surface area contributed by atoms with Gasteiger partial charge in [-0.2, -0.15) is 0 Å². The van der Waals surface area contributed by atoms with Crippen LogP contribution in [0.15, 0.2) is 24.3 Å². The quantitative estimate of drug-likeness (QED) is 0.778. The number of amides is 1. The van der Waals surface area contributed by atoms with Gasteiger partial charge in [0.15, 0.2) is 6.61 Å². The summed E-state index contributed by atoms with van der Waals surface area (Å²) < 4.78 is 17.6. The molecule has 4 nitrogen and oxygen atoms in total. The standard InChI is InChI=1S/C11H14FNO3/c1-8(6-14)13-11(15)7-16-10-4-2-9(12)3-5-10/h2-5,8,14H,6-7H2,1H3,(H,13,15)/t8-/m1/s1. The van der Waals surface area contributed by atoms with Gasteiger partial charge in [-0.15, -0.1) is 0 Å². The minimum atomic E-state index is -0.356. The summed E-state index contributed by atoms with van der Waals surface area (Å²) in [5, 5.41) is 11.2. The van der Waals surface area contributed by atoms with Gasteiger partial charge in [0.2, 0.25) is 0 Å². The molecule has 0 heterocycles. The normalized spacial score (nSPS) is 11.9. The van der Waals surface area contributed by atoms with Crippen LogP contribution in [0.4, 0.5) is 4.39 Å². The third kappa shape index (κ3) is 4.27. The molecule has 1 aromatic carbocycles. The third-order valence-electron chi connectivity index (χ3n) is 1.86. The minimum Gasteiger partial charge on any atom is -0.484 e. The monoisotopic (exact) mass is 227 g/mol. The van der Waals surface area contributed by atoms with Gasteiger partial charge in [-0.25, -0.2) is 4.39 Å². The number of hydrogen-bond donors (Lipinski definition) is 2. The van der Waals surface area contributed by atoms with E-state index in [-0.39, 0.29) is 31.0 Å². The molecule has 0 aromatic heterocycles. The Labute approximate surface area is 93.0 Å². The van der Waals surface area contributed by atoms with Gasteiger partial charge >= 0.3 is 0 Å². The molecule has 0 bridgehead atoms. The van der Waals surface area contributed by atoms with Crippen molar-refractivity contribution >= 4 is 5.91 Å². The Hall–Kier alpha value is -1.62. The second kappa shape index (κ2) is 6.07. The highest BCUT2D eigenvalue weighted by molar-refractivity contribution is 5.77. The van der Waals surface area contributed by atoms with Crippen molar-refractivity contribution in [2.75, 3.05) is 13.2 Å². The summed E-state index contributed by atoms with van der Waals surface area (Å²) in [6.45, 7) is 1.40. The molecular formula is C11H14FNO3. The molecule has 0 fully saturated rings. The fourth-order valence-corrected chi connectivity index (χ4v) is 1.04. The van der Waals surface area contributed by atoms with Crippen LogP contribution in [0.5, 0.6) is 5.75 Å². The largest absolute Gasteiger partial charge is 0.484 e. The fraction of sp³-hybridized carbons (Fsp3) is 0.364. The van der Waals surface area contributed by atoms with Crippen LogP contribution in [0.25, 0.3) is 0 Å². The van der Waals surface area contributed by atoms with Crippen LogP contribution in [0.1, 0.15) is 6.92 Å². The highest BCUT2D eigenvalue weighted by Gasteiger charge is 2.06. The number of hydrogen-bond acceptors (Lipinski definition) is 3. The molecule has 0 radical (unpaired) electrons. The van der Waals surface area contributed by atoms with Crippen LogP contribution in [0.2, 0.25) is 0 Å². The van der Waals surface area contributed by atoms with E-state index in [0.717, 1.165) is 0 Å². The first-order valence-corrected chi connectivity index (χ1v) is 4.90. The Balaban J connectivity index is 2.34. The number of aliphatic hydroxyl groups is 1. The van der Waals surface area contributed by atoms with Crippen molar-refractivity contribution in [3.05, 3.63) is 30.1 Å². The van der Waals surface area contributed by atoms with Gasteiger partial charge in [0.05, 0.1) is 6.61 Å². The Morgan fingerprint density at radius 3 is 2.69 bits per heavy atom. The lowest BCUT2D eigenvalue weighted by atomic mass is 10.3. The zero-order valence-electron chi connectivity index (χ0n) is 8.94. The molecule has 16 heavy (non-hydrogen) atoms. The predicted molar refractivity (Wildman–Crippen MR) is 56.6 cm³/mol. The highest BCUT2D eigenvalue weighted by Crippen LogP contribution is 2.10. The molecule has 0 saturated heterocycles. The van der Waals surface area contributed by atoms with Gasteiger partial charge in [0, 0.05) is 6.04 Å². The summed E-state index contributed by atoms with van der Waals surface area (Å²) in [5.41, 5.74) is 0. The molecular weight excluding hydrogens is 213 g/mol. The molecule has 1 aromatic rings. The van der Waals surface area contributed by atoms with Crippen molar-refractivity contribution in [1.82, 2.24) is 5.32 Å². The average Bonchev–Trinajstić information content (AvgIpc) is 2.28. The maximum atomic E-state index is 12.5. The topological polar surface area (TPSA) is 58.6 Å². The van der Waals surface area contributed by atoms with Gasteiger partial charge in [-0.05, 0) is 31.2 Å². The second-order valence-electron chi connectivity index (χ2n) is 3.39. The van der Waals surface area contributed by atoms with Crippen LogP contribution >= 0.6 is 0 Å². The molecule has 5 heteroatoms. The van der Waals surface area contributed by atoms with Crippen LogP contribution in [0, 0.1) is 5.82 Å². The molecule has 1 rings (SSSR count). The van der Waals surface area contributed by atoms with Crippen molar-refractivity contribution in [3.8, 4) is 5.75 Å². The number of ether oxygens (including phenoxy) is 1. The molecule has 0 saturated carbocycles. The van der Waals surface area contributed by atoms with Gasteiger partial charge in [-0.3, -0.25) is 4.79 Å². The van der Waals surface area contributed by atoms with Crippen LogP contribution in [0.3, 0.4) is 0 Å². The minimum absolute atomic E-state index is 0.123. The van der Waals surface area contributed by atoms with E-state index in [4.69, 9.17) is 9.84 Å². The van der Waals surface area contributed by atoms with Crippen LogP contribution in [-0.4, -0.2) is 30.3 Å². The van der Waals surface area contributed by atoms with E-state index in [1.807, 2.05) is 0 Å². The molecule has 0 aliphatic heterocycles. The number of halogens is 1. The number of aliphatic hydroxyl groups excluding tert-OH is 1.